The summed E-state index contributed by atoms with van der Waals surface area (Å²) < 4.78 is 1.25. The van der Waals surface area contributed by atoms with Gasteiger partial charge in [-0.3, -0.25) is 4.90 Å². The second-order valence-electron chi connectivity index (χ2n) is 6.82. The third kappa shape index (κ3) is 4.08. The molecular weight excluding hydrogens is 324 g/mol. The Bertz CT molecular complexity index is 446. The molecular formula is C18H27BrN2. The van der Waals surface area contributed by atoms with E-state index in [1.54, 1.807) is 0 Å². The minimum Gasteiger partial charge on any atom is -0.300 e. The summed E-state index contributed by atoms with van der Waals surface area (Å²) in [5.74, 6) is 0.941. The molecule has 0 unspecified atom stereocenters. The Morgan fingerprint density at radius 3 is 2.33 bits per heavy atom. The normalized spacial score (nSPS) is 23.5. The van der Waals surface area contributed by atoms with Crippen molar-refractivity contribution in [2.24, 2.45) is 5.92 Å². The van der Waals surface area contributed by atoms with Gasteiger partial charge in [0.2, 0.25) is 0 Å². The van der Waals surface area contributed by atoms with Gasteiger partial charge in [0.05, 0.1) is 0 Å². The van der Waals surface area contributed by atoms with Crippen LogP contribution in [0.3, 0.4) is 0 Å². The van der Waals surface area contributed by atoms with E-state index in [1.165, 1.54) is 61.9 Å². The predicted molar refractivity (Wildman–Crippen MR) is 92.4 cm³/mol. The number of likely N-dealkylation sites (tertiary alicyclic amines) is 2. The lowest BCUT2D eigenvalue weighted by Crippen LogP contribution is -2.47. The van der Waals surface area contributed by atoms with E-state index in [0.29, 0.717) is 0 Å². The number of hydrogen-bond donors (Lipinski definition) is 0. The Kier molecular flexibility index (Phi) is 5.36. The van der Waals surface area contributed by atoms with Gasteiger partial charge in [-0.25, -0.2) is 0 Å². The summed E-state index contributed by atoms with van der Waals surface area (Å²) in [7, 11) is 0. The average Bonchev–Trinajstić information content (AvgIpc) is 2.51. The highest BCUT2D eigenvalue weighted by Crippen LogP contribution is 2.25. The lowest BCUT2D eigenvalue weighted by molar-refractivity contribution is 0.0778. The van der Waals surface area contributed by atoms with Gasteiger partial charge in [-0.1, -0.05) is 41.1 Å². The van der Waals surface area contributed by atoms with Crippen LogP contribution in [-0.4, -0.2) is 42.0 Å². The second-order valence-corrected chi connectivity index (χ2v) is 7.67. The fraction of sp³-hybridized carbons (Fsp3) is 0.667. The second kappa shape index (κ2) is 7.26. The molecule has 116 valence electrons. The van der Waals surface area contributed by atoms with Gasteiger partial charge in [-0.15, -0.1) is 0 Å². The molecule has 3 rings (SSSR count). The van der Waals surface area contributed by atoms with Gasteiger partial charge < -0.3 is 4.90 Å². The first kappa shape index (κ1) is 15.5. The topological polar surface area (TPSA) is 6.48 Å². The fourth-order valence-corrected chi connectivity index (χ4v) is 4.11. The Morgan fingerprint density at radius 2 is 1.67 bits per heavy atom. The van der Waals surface area contributed by atoms with E-state index in [1.807, 2.05) is 0 Å². The molecule has 0 N–H and O–H groups in total. The summed E-state index contributed by atoms with van der Waals surface area (Å²) in [5, 5.41) is 0. The molecule has 3 heteroatoms. The minimum absolute atomic E-state index is 0.841. The van der Waals surface area contributed by atoms with Crippen LogP contribution in [0.5, 0.6) is 0 Å². The van der Waals surface area contributed by atoms with Crippen molar-refractivity contribution >= 4 is 15.9 Å². The first-order valence-corrected chi connectivity index (χ1v) is 9.21. The van der Waals surface area contributed by atoms with Crippen molar-refractivity contribution in [1.29, 1.82) is 0 Å². The van der Waals surface area contributed by atoms with Crippen molar-refractivity contribution in [3.63, 3.8) is 0 Å². The fourth-order valence-electron chi connectivity index (χ4n) is 3.70. The van der Waals surface area contributed by atoms with Crippen LogP contribution in [0.2, 0.25) is 0 Å². The van der Waals surface area contributed by atoms with E-state index in [0.717, 1.165) is 18.5 Å². The molecule has 2 aliphatic rings. The molecule has 1 aromatic carbocycles. The molecule has 0 amide bonds. The highest BCUT2D eigenvalue weighted by Gasteiger charge is 2.27. The zero-order valence-electron chi connectivity index (χ0n) is 13.1. The molecule has 0 bridgehead atoms. The van der Waals surface area contributed by atoms with E-state index in [4.69, 9.17) is 0 Å². The van der Waals surface area contributed by atoms with E-state index in [2.05, 4.69) is 56.9 Å². The van der Waals surface area contributed by atoms with Crippen LogP contribution < -0.4 is 0 Å². The smallest absolute Gasteiger partial charge is 0.0244 e. The van der Waals surface area contributed by atoms with Crippen LogP contribution in [0.1, 0.15) is 38.2 Å². The Morgan fingerprint density at radius 1 is 1.00 bits per heavy atom. The van der Waals surface area contributed by atoms with Gasteiger partial charge in [-0.05, 0) is 69.4 Å². The number of halogens is 1. The van der Waals surface area contributed by atoms with E-state index in [-0.39, 0.29) is 0 Å². The van der Waals surface area contributed by atoms with Crippen LogP contribution >= 0.6 is 15.9 Å². The predicted octanol–water partition coefficient (Wildman–Crippen LogP) is 4.15. The molecule has 0 atom stereocenters. The van der Waals surface area contributed by atoms with Crippen molar-refractivity contribution in [3.05, 3.63) is 34.3 Å². The highest BCUT2D eigenvalue weighted by atomic mass is 79.9. The Labute approximate surface area is 137 Å². The van der Waals surface area contributed by atoms with Gasteiger partial charge in [0.25, 0.3) is 0 Å². The SMILES string of the molecule is CC1CCN(C2CCN(Cc3ccccc3Br)CC2)CC1. The molecule has 1 aromatic rings. The van der Waals surface area contributed by atoms with Gasteiger partial charge in [0.1, 0.15) is 0 Å². The summed E-state index contributed by atoms with van der Waals surface area (Å²) in [5.41, 5.74) is 1.42. The minimum atomic E-state index is 0.841. The van der Waals surface area contributed by atoms with Crippen LogP contribution in [0.4, 0.5) is 0 Å². The molecule has 0 spiro atoms. The number of rotatable bonds is 3. The first-order chi connectivity index (χ1) is 10.2. The zero-order chi connectivity index (χ0) is 14.7. The first-order valence-electron chi connectivity index (χ1n) is 8.42. The molecule has 2 heterocycles. The summed E-state index contributed by atoms with van der Waals surface area (Å²) >= 11 is 3.67. The van der Waals surface area contributed by atoms with E-state index < -0.39 is 0 Å². The van der Waals surface area contributed by atoms with Gasteiger partial charge >= 0.3 is 0 Å². The third-order valence-electron chi connectivity index (χ3n) is 5.24. The van der Waals surface area contributed by atoms with Crippen molar-refractivity contribution in [3.8, 4) is 0 Å². The van der Waals surface area contributed by atoms with Crippen molar-refractivity contribution < 1.29 is 0 Å². The lowest BCUT2D eigenvalue weighted by atomic mass is 9.95. The van der Waals surface area contributed by atoms with Gasteiger partial charge in [0, 0.05) is 17.1 Å². The molecule has 2 fully saturated rings. The quantitative estimate of drug-likeness (QED) is 0.807. The largest absolute Gasteiger partial charge is 0.300 e. The molecule has 2 saturated heterocycles. The van der Waals surface area contributed by atoms with Crippen molar-refractivity contribution in [2.75, 3.05) is 26.2 Å². The summed E-state index contributed by atoms with van der Waals surface area (Å²) in [6.45, 7) is 8.64. The average molecular weight is 351 g/mol. The molecule has 2 nitrogen and oxygen atoms in total. The number of piperidine rings is 2. The maximum Gasteiger partial charge on any atom is 0.0244 e. The van der Waals surface area contributed by atoms with Crippen LogP contribution in [0.25, 0.3) is 0 Å². The highest BCUT2D eigenvalue weighted by molar-refractivity contribution is 9.10. The van der Waals surface area contributed by atoms with Crippen LogP contribution in [0, 0.1) is 5.92 Å². The molecule has 0 radical (unpaired) electrons. The van der Waals surface area contributed by atoms with E-state index in [9.17, 15) is 0 Å². The molecule has 2 aliphatic heterocycles. The number of benzene rings is 1. The number of hydrogen-bond acceptors (Lipinski definition) is 2. The summed E-state index contributed by atoms with van der Waals surface area (Å²) in [6.07, 6.45) is 5.49. The van der Waals surface area contributed by atoms with Gasteiger partial charge in [-0.2, -0.15) is 0 Å². The summed E-state index contributed by atoms with van der Waals surface area (Å²) in [6, 6.07) is 9.46. The zero-order valence-corrected chi connectivity index (χ0v) is 14.7. The van der Waals surface area contributed by atoms with E-state index >= 15 is 0 Å². The molecule has 0 saturated carbocycles. The maximum atomic E-state index is 3.67. The van der Waals surface area contributed by atoms with Crippen LogP contribution in [-0.2, 0) is 6.54 Å². The molecule has 21 heavy (non-hydrogen) atoms. The third-order valence-corrected chi connectivity index (χ3v) is 6.02. The standard InChI is InChI=1S/C18H27BrN2/c1-15-6-12-21(13-7-15)17-8-10-20(11-9-17)14-16-4-2-3-5-18(16)19/h2-5,15,17H,6-14H2,1H3. The Balaban J connectivity index is 1.48. The van der Waals surface area contributed by atoms with Crippen LogP contribution in [0.15, 0.2) is 28.7 Å². The monoisotopic (exact) mass is 350 g/mol. The molecule has 0 aliphatic carbocycles. The Hall–Kier alpha value is -0.380. The van der Waals surface area contributed by atoms with Gasteiger partial charge in [0.15, 0.2) is 0 Å². The number of nitrogens with zero attached hydrogens (tertiary/aromatic N) is 2. The van der Waals surface area contributed by atoms with Crippen molar-refractivity contribution in [2.45, 2.75) is 45.2 Å². The maximum absolute atomic E-state index is 3.67. The summed E-state index contributed by atoms with van der Waals surface area (Å²) in [4.78, 5) is 5.37. The molecule has 0 aromatic heterocycles. The lowest BCUT2D eigenvalue weighted by Gasteiger charge is -2.41. The van der Waals surface area contributed by atoms with Crippen molar-refractivity contribution in [1.82, 2.24) is 9.80 Å².